The summed E-state index contributed by atoms with van der Waals surface area (Å²) in [5, 5.41) is 9.09. The van der Waals surface area contributed by atoms with Crippen LogP contribution in [-0.2, 0) is 5.41 Å². The zero-order valence-electron chi connectivity index (χ0n) is 20.8. The molecule has 0 aromatic heterocycles. The number of allylic oxidation sites excluding steroid dienone is 4. The van der Waals surface area contributed by atoms with Gasteiger partial charge in [0.1, 0.15) is 0 Å². The number of anilines is 1. The molecule has 0 atom stereocenters. The zero-order chi connectivity index (χ0) is 24.3. The van der Waals surface area contributed by atoms with Crippen LogP contribution in [0.4, 0.5) is 5.69 Å². The van der Waals surface area contributed by atoms with E-state index in [1.165, 1.54) is 66.3 Å². The number of para-hydroxylation sites is 1. The van der Waals surface area contributed by atoms with Crippen LogP contribution >= 0.6 is 0 Å². The van der Waals surface area contributed by atoms with Crippen molar-refractivity contribution in [1.29, 1.82) is 0 Å². The second kappa shape index (κ2) is 7.96. The van der Waals surface area contributed by atoms with Gasteiger partial charge in [0, 0.05) is 22.4 Å². The molecule has 0 fully saturated rings. The van der Waals surface area contributed by atoms with Gasteiger partial charge in [-0.15, -0.1) is 0 Å². The van der Waals surface area contributed by atoms with Gasteiger partial charge < -0.3 is 5.32 Å². The van der Waals surface area contributed by atoms with E-state index in [0.29, 0.717) is 0 Å². The van der Waals surface area contributed by atoms with Gasteiger partial charge in [-0.3, -0.25) is 0 Å². The van der Waals surface area contributed by atoms with Gasteiger partial charge in [-0.25, -0.2) is 0 Å². The average molecular weight is 464 g/mol. The minimum absolute atomic E-state index is 0.0171. The fourth-order valence-electron chi connectivity index (χ4n) is 6.20. The van der Waals surface area contributed by atoms with Gasteiger partial charge in [-0.05, 0) is 98.6 Å². The molecule has 174 valence electrons. The van der Waals surface area contributed by atoms with Crippen LogP contribution in [0.2, 0.25) is 0 Å². The summed E-state index contributed by atoms with van der Waals surface area (Å²) in [6.07, 6.45) is 4.52. The van der Waals surface area contributed by atoms with Crippen LogP contribution in [0.1, 0.15) is 37.8 Å². The van der Waals surface area contributed by atoms with E-state index in [9.17, 15) is 0 Å². The van der Waals surface area contributed by atoms with Gasteiger partial charge >= 0.3 is 0 Å². The van der Waals surface area contributed by atoms with Crippen molar-refractivity contribution in [2.24, 2.45) is 0 Å². The molecule has 1 nitrogen and oxygen atoms in total. The van der Waals surface area contributed by atoms with E-state index in [1.54, 1.807) is 0 Å². The summed E-state index contributed by atoms with van der Waals surface area (Å²) in [4.78, 5) is 0. The Hall–Kier alpha value is -4.10. The fourth-order valence-corrected chi connectivity index (χ4v) is 6.20. The number of rotatable bonds is 3. The molecule has 36 heavy (non-hydrogen) atoms. The van der Waals surface area contributed by atoms with Crippen LogP contribution in [-0.4, -0.2) is 0 Å². The highest BCUT2D eigenvalue weighted by molar-refractivity contribution is 6.01. The van der Waals surface area contributed by atoms with Gasteiger partial charge in [-0.1, -0.05) is 86.6 Å². The van der Waals surface area contributed by atoms with E-state index >= 15 is 0 Å². The number of hydrogen-bond donors (Lipinski definition) is 1. The third-order valence-corrected chi connectivity index (χ3v) is 8.11. The molecule has 0 spiro atoms. The summed E-state index contributed by atoms with van der Waals surface area (Å²) in [5.41, 5.74) is 10.8. The Morgan fingerprint density at radius 3 is 2.06 bits per heavy atom. The predicted molar refractivity (Wildman–Crippen MR) is 154 cm³/mol. The van der Waals surface area contributed by atoms with Crippen LogP contribution in [0.15, 0.2) is 120 Å². The molecule has 2 aliphatic rings. The lowest BCUT2D eigenvalue weighted by atomic mass is 9.79. The predicted octanol–water partition coefficient (Wildman–Crippen LogP) is 9.49. The Morgan fingerprint density at radius 2 is 1.28 bits per heavy atom. The van der Waals surface area contributed by atoms with Crippen LogP contribution < -0.4 is 5.32 Å². The lowest BCUT2D eigenvalue weighted by molar-refractivity contribution is 0.650. The zero-order valence-corrected chi connectivity index (χ0v) is 20.8. The third-order valence-electron chi connectivity index (χ3n) is 8.11. The molecule has 0 amide bonds. The Bertz CT molecular complexity index is 1720. The quantitative estimate of drug-likeness (QED) is 0.263. The summed E-state index contributed by atoms with van der Waals surface area (Å²) in [5.74, 6) is 0. The molecule has 0 saturated carbocycles. The summed E-state index contributed by atoms with van der Waals surface area (Å²) >= 11 is 0. The first-order valence-corrected chi connectivity index (χ1v) is 12.9. The molecule has 5 aromatic rings. The molecule has 0 saturated heterocycles. The highest BCUT2D eigenvalue weighted by Crippen LogP contribution is 2.52. The molecular weight excluding hydrogens is 434 g/mol. The molecule has 0 unspecified atom stereocenters. The number of fused-ring (bicyclic) bond motifs is 4. The van der Waals surface area contributed by atoms with Gasteiger partial charge in [-0.2, -0.15) is 0 Å². The minimum Gasteiger partial charge on any atom is -0.358 e. The normalized spacial score (nSPS) is 16.1. The molecule has 2 aliphatic carbocycles. The number of benzene rings is 5. The SMILES string of the molecule is CC1(C)C2=C(CCC(Nc3ccccc3-c3ccccc3)=C2)c2cc3cc4ccccc4cc3cc21. The van der Waals surface area contributed by atoms with E-state index in [-0.39, 0.29) is 5.41 Å². The second-order valence-corrected chi connectivity index (χ2v) is 10.7. The molecule has 0 bridgehead atoms. The Kier molecular flexibility index (Phi) is 4.69. The highest BCUT2D eigenvalue weighted by atomic mass is 14.9. The largest absolute Gasteiger partial charge is 0.358 e. The van der Waals surface area contributed by atoms with E-state index in [1.807, 2.05) is 0 Å². The van der Waals surface area contributed by atoms with Crippen LogP contribution in [0.3, 0.4) is 0 Å². The maximum atomic E-state index is 3.81. The highest BCUT2D eigenvalue weighted by Gasteiger charge is 2.38. The topological polar surface area (TPSA) is 12.0 Å². The molecule has 0 heterocycles. The summed E-state index contributed by atoms with van der Waals surface area (Å²) in [6.45, 7) is 4.77. The van der Waals surface area contributed by atoms with E-state index < -0.39 is 0 Å². The molecule has 0 aliphatic heterocycles. The van der Waals surface area contributed by atoms with Crippen LogP contribution in [0.25, 0.3) is 38.2 Å². The van der Waals surface area contributed by atoms with Crippen molar-refractivity contribution in [3.63, 3.8) is 0 Å². The number of nitrogens with one attached hydrogen (secondary N) is 1. The van der Waals surface area contributed by atoms with Crippen molar-refractivity contribution in [3.8, 4) is 11.1 Å². The van der Waals surface area contributed by atoms with Crippen LogP contribution in [0.5, 0.6) is 0 Å². The first-order valence-electron chi connectivity index (χ1n) is 12.9. The lowest BCUT2D eigenvalue weighted by Gasteiger charge is -2.26. The first kappa shape index (κ1) is 21.2. The molecule has 7 rings (SSSR count). The van der Waals surface area contributed by atoms with Crippen molar-refractivity contribution in [1.82, 2.24) is 0 Å². The van der Waals surface area contributed by atoms with E-state index in [4.69, 9.17) is 0 Å². The molecular formula is C35H29N. The Balaban J connectivity index is 1.30. The van der Waals surface area contributed by atoms with Crippen molar-refractivity contribution in [2.75, 3.05) is 5.32 Å². The van der Waals surface area contributed by atoms with Crippen LogP contribution in [0, 0.1) is 0 Å². The van der Waals surface area contributed by atoms with Crippen molar-refractivity contribution in [2.45, 2.75) is 32.1 Å². The second-order valence-electron chi connectivity index (χ2n) is 10.7. The third kappa shape index (κ3) is 3.31. The minimum atomic E-state index is -0.0171. The van der Waals surface area contributed by atoms with E-state index in [2.05, 4.69) is 128 Å². The Labute approximate surface area is 212 Å². The van der Waals surface area contributed by atoms with Gasteiger partial charge in [0.05, 0.1) is 0 Å². The summed E-state index contributed by atoms with van der Waals surface area (Å²) in [7, 11) is 0. The van der Waals surface area contributed by atoms with Crippen molar-refractivity contribution >= 4 is 32.8 Å². The lowest BCUT2D eigenvalue weighted by Crippen LogP contribution is -2.18. The molecule has 1 heteroatoms. The maximum absolute atomic E-state index is 3.81. The van der Waals surface area contributed by atoms with Gasteiger partial charge in [0.15, 0.2) is 0 Å². The van der Waals surface area contributed by atoms with E-state index in [0.717, 1.165) is 12.8 Å². The molecule has 0 radical (unpaired) electrons. The maximum Gasteiger partial charge on any atom is 0.0461 e. The smallest absolute Gasteiger partial charge is 0.0461 e. The average Bonchev–Trinajstić information content (AvgIpc) is 3.12. The van der Waals surface area contributed by atoms with Gasteiger partial charge in [0.2, 0.25) is 0 Å². The standard InChI is InChI=1S/C35H29N/c1-35(2)32-21-27-19-25-13-7-6-12-24(25)18-26(27)20-31(32)30-17-16-28(22-33(30)35)36-34-15-9-8-14-29(34)23-10-4-3-5-11-23/h3-15,18-22,36H,16-17H2,1-2H3. The first-order chi connectivity index (χ1) is 17.6. The van der Waals surface area contributed by atoms with Crippen molar-refractivity contribution < 1.29 is 0 Å². The number of hydrogen-bond acceptors (Lipinski definition) is 1. The summed E-state index contributed by atoms with van der Waals surface area (Å²) in [6, 6.07) is 37.5. The molecule has 1 N–H and O–H groups in total. The monoisotopic (exact) mass is 463 g/mol. The van der Waals surface area contributed by atoms with Gasteiger partial charge in [0.25, 0.3) is 0 Å². The van der Waals surface area contributed by atoms with Crippen molar-refractivity contribution in [3.05, 3.63) is 132 Å². The Morgan fingerprint density at radius 1 is 0.611 bits per heavy atom. The molecule has 5 aromatic carbocycles. The summed E-state index contributed by atoms with van der Waals surface area (Å²) < 4.78 is 0. The fraction of sp³-hybridized carbons (Fsp3) is 0.143.